The minimum atomic E-state index is 0.836. The molecule has 0 nitrogen and oxygen atoms in total. The molecule has 0 saturated carbocycles. The van der Waals surface area contributed by atoms with E-state index >= 15 is 0 Å². The second kappa shape index (κ2) is 9.00. The molecule has 0 bridgehead atoms. The quantitative estimate of drug-likeness (QED) is 0.472. The molecule has 0 aromatic heterocycles. The zero-order chi connectivity index (χ0) is 7.66. The van der Waals surface area contributed by atoms with Crippen molar-refractivity contribution in [3.8, 4) is 0 Å². The number of hydrogen-bond donors (Lipinski definition) is 0. The van der Waals surface area contributed by atoms with E-state index in [0.717, 1.165) is 12.8 Å². The predicted octanol–water partition coefficient (Wildman–Crippen LogP) is 3.34. The van der Waals surface area contributed by atoms with Gasteiger partial charge in [0, 0.05) is 0 Å². The maximum atomic E-state index is 5.34. The zero-order valence-electron chi connectivity index (χ0n) is 6.68. The summed E-state index contributed by atoms with van der Waals surface area (Å²) in [5.41, 5.74) is 0. The summed E-state index contributed by atoms with van der Waals surface area (Å²) in [5.74, 6) is 0. The third kappa shape index (κ3) is 8.00. The van der Waals surface area contributed by atoms with Gasteiger partial charge in [-0.3, -0.25) is 0 Å². The van der Waals surface area contributed by atoms with Crippen molar-refractivity contribution in [2.75, 3.05) is 0 Å². The van der Waals surface area contributed by atoms with Gasteiger partial charge >= 0.3 is 0 Å². The lowest BCUT2D eigenvalue weighted by Crippen LogP contribution is -1.78. The highest BCUT2D eigenvalue weighted by molar-refractivity contribution is 4.65. The van der Waals surface area contributed by atoms with Crippen LogP contribution >= 0.6 is 0 Å². The maximum absolute atomic E-state index is 5.34. The van der Waals surface area contributed by atoms with Gasteiger partial charge in [0.25, 0.3) is 0 Å². The Bertz CT molecular complexity index is 40.0. The minimum Gasteiger partial charge on any atom is -0.0533 e. The zero-order valence-corrected chi connectivity index (χ0v) is 6.68. The van der Waals surface area contributed by atoms with Crippen molar-refractivity contribution in [3.63, 3.8) is 0 Å². The van der Waals surface area contributed by atoms with Crippen molar-refractivity contribution >= 4 is 0 Å². The molecule has 0 aromatic carbocycles. The van der Waals surface area contributed by atoms with Crippen LogP contribution in [0.1, 0.15) is 44.9 Å². The lowest BCUT2D eigenvalue weighted by Gasteiger charge is -1.97. The number of hydrogen-bond acceptors (Lipinski definition) is 0. The number of rotatable bonds is 7. The Labute approximate surface area is 66.0 Å². The van der Waals surface area contributed by atoms with Crippen molar-refractivity contribution in [3.05, 3.63) is 20.3 Å². The fourth-order valence-corrected chi connectivity index (χ4v) is 0.937. The van der Waals surface area contributed by atoms with E-state index in [1.165, 1.54) is 32.1 Å². The van der Waals surface area contributed by atoms with Crippen molar-refractivity contribution in [1.82, 2.24) is 0 Å². The molecule has 0 aliphatic rings. The topological polar surface area (TPSA) is 0 Å². The van der Waals surface area contributed by atoms with Gasteiger partial charge in [0.15, 0.2) is 0 Å². The summed E-state index contributed by atoms with van der Waals surface area (Å²) in [5, 5.41) is 0. The van der Waals surface area contributed by atoms with Gasteiger partial charge in [0.1, 0.15) is 0 Å². The van der Waals surface area contributed by atoms with Crippen molar-refractivity contribution in [2.24, 2.45) is 0 Å². The van der Waals surface area contributed by atoms with Crippen LogP contribution in [-0.2, 0) is 0 Å². The minimum absolute atomic E-state index is 0.836. The summed E-state index contributed by atoms with van der Waals surface area (Å²) in [6, 6.07) is 0. The first-order chi connectivity index (χ1) is 4.91. The fraction of sp³-hybridized carbons (Fsp3) is 0.700. The average Bonchev–Trinajstić information content (AvgIpc) is 1.97. The van der Waals surface area contributed by atoms with Crippen LogP contribution in [-0.4, -0.2) is 0 Å². The first-order valence-corrected chi connectivity index (χ1v) is 4.15. The van der Waals surface area contributed by atoms with E-state index in [2.05, 4.69) is 0 Å². The van der Waals surface area contributed by atoms with E-state index in [0.29, 0.717) is 0 Å². The Hall–Kier alpha value is 0. The standard InChI is InChI=1S/C10H17/c1-3-5-7-9-10-8-6-4-2/h1-3H,4-10H2. The summed E-state index contributed by atoms with van der Waals surface area (Å²) in [7, 11) is 0. The summed E-state index contributed by atoms with van der Waals surface area (Å²) in [4.78, 5) is 0. The number of unbranched alkanes of at least 4 members (excludes halogenated alkanes) is 7. The lowest BCUT2D eigenvalue weighted by atomic mass is 10.1. The Morgan fingerprint density at radius 2 is 1.50 bits per heavy atom. The molecule has 0 fully saturated rings. The van der Waals surface area contributed by atoms with Gasteiger partial charge in [-0.2, -0.15) is 0 Å². The Balaban J connectivity index is 2.65. The van der Waals surface area contributed by atoms with Gasteiger partial charge in [-0.15, -0.1) is 0 Å². The van der Waals surface area contributed by atoms with E-state index in [9.17, 15) is 0 Å². The van der Waals surface area contributed by atoms with Crippen molar-refractivity contribution < 1.29 is 0 Å². The van der Waals surface area contributed by atoms with Crippen LogP contribution in [0.25, 0.3) is 0 Å². The second-order valence-corrected chi connectivity index (χ2v) is 2.58. The highest BCUT2D eigenvalue weighted by Crippen LogP contribution is 2.06. The highest BCUT2D eigenvalue weighted by atomic mass is 13.9. The van der Waals surface area contributed by atoms with Gasteiger partial charge in [-0.05, 0) is 33.1 Å². The van der Waals surface area contributed by atoms with Crippen LogP contribution in [0.2, 0.25) is 0 Å². The SMILES string of the molecule is [CH][CH]CCCCCCC[CH]. The van der Waals surface area contributed by atoms with E-state index in [4.69, 9.17) is 13.8 Å². The molecule has 0 atom stereocenters. The highest BCUT2D eigenvalue weighted by Gasteiger charge is 1.87. The fourth-order valence-electron chi connectivity index (χ4n) is 0.937. The van der Waals surface area contributed by atoms with Crippen LogP contribution in [0.3, 0.4) is 0 Å². The van der Waals surface area contributed by atoms with E-state index in [-0.39, 0.29) is 0 Å². The molecule has 0 saturated heterocycles. The summed E-state index contributed by atoms with van der Waals surface area (Å²) in [6.07, 6.45) is 9.93. The molecule has 0 heterocycles. The molecule has 0 aromatic rings. The van der Waals surface area contributed by atoms with Gasteiger partial charge in [-0.1, -0.05) is 32.1 Å². The van der Waals surface area contributed by atoms with Gasteiger partial charge in [-0.25, -0.2) is 0 Å². The smallest absolute Gasteiger partial charge is 0.0315 e. The first kappa shape index (κ1) is 10.0. The normalized spacial score (nSPS) is 10.2. The molecule has 0 heteroatoms. The molecule has 0 N–H and O–H groups in total. The average molecular weight is 137 g/mol. The summed E-state index contributed by atoms with van der Waals surface area (Å²) in [6.45, 7) is 10.6. The molecule has 0 aliphatic heterocycles. The maximum Gasteiger partial charge on any atom is -0.0315 e. The Morgan fingerprint density at radius 1 is 0.900 bits per heavy atom. The van der Waals surface area contributed by atoms with E-state index in [1.54, 1.807) is 6.42 Å². The largest absolute Gasteiger partial charge is 0.0533 e. The molecular weight excluding hydrogens is 120 g/mol. The molecular formula is C10H17. The Morgan fingerprint density at radius 3 is 2.10 bits per heavy atom. The molecule has 0 spiro atoms. The van der Waals surface area contributed by atoms with Crippen LogP contribution in [0, 0.1) is 20.3 Å². The van der Waals surface area contributed by atoms with Crippen LogP contribution < -0.4 is 0 Å². The van der Waals surface area contributed by atoms with Gasteiger partial charge < -0.3 is 0 Å². The monoisotopic (exact) mass is 137 g/mol. The molecule has 0 unspecified atom stereocenters. The molecule has 0 amide bonds. The first-order valence-electron chi connectivity index (χ1n) is 4.15. The van der Waals surface area contributed by atoms with Crippen LogP contribution in [0.5, 0.6) is 0 Å². The molecule has 10 heavy (non-hydrogen) atoms. The third-order valence-corrected chi connectivity index (χ3v) is 1.57. The molecule has 57 valence electrons. The third-order valence-electron chi connectivity index (χ3n) is 1.57. The summed E-state index contributed by atoms with van der Waals surface area (Å²) >= 11 is 0. The van der Waals surface area contributed by atoms with Crippen LogP contribution in [0.4, 0.5) is 0 Å². The second-order valence-electron chi connectivity index (χ2n) is 2.58. The molecule has 0 aliphatic carbocycles. The lowest BCUT2D eigenvalue weighted by molar-refractivity contribution is 0.617. The van der Waals surface area contributed by atoms with Gasteiger partial charge in [0.05, 0.1) is 0 Å². The molecule has 5 radical (unpaired) electrons. The van der Waals surface area contributed by atoms with Gasteiger partial charge in [0.2, 0.25) is 0 Å². The molecule has 0 rings (SSSR count). The predicted molar refractivity (Wildman–Crippen MR) is 45.2 cm³/mol. The van der Waals surface area contributed by atoms with Crippen molar-refractivity contribution in [1.29, 1.82) is 0 Å². The van der Waals surface area contributed by atoms with Crippen LogP contribution in [0.15, 0.2) is 0 Å². The Kier molecular flexibility index (Phi) is 9.00. The van der Waals surface area contributed by atoms with E-state index < -0.39 is 0 Å². The van der Waals surface area contributed by atoms with E-state index in [1.807, 2.05) is 0 Å². The van der Waals surface area contributed by atoms with Crippen molar-refractivity contribution in [2.45, 2.75) is 44.9 Å². The summed E-state index contributed by atoms with van der Waals surface area (Å²) < 4.78 is 0.